The van der Waals surface area contributed by atoms with Crippen LogP contribution < -0.4 is 4.72 Å². The van der Waals surface area contributed by atoms with E-state index in [-0.39, 0.29) is 36.4 Å². The Kier molecular flexibility index (Phi) is 13.8. The van der Waals surface area contributed by atoms with Gasteiger partial charge in [-0.3, -0.25) is 4.79 Å². The van der Waals surface area contributed by atoms with Crippen LogP contribution in [-0.2, 0) is 29.0 Å². The van der Waals surface area contributed by atoms with Crippen molar-refractivity contribution in [3.05, 3.63) is 30.3 Å². The monoisotopic (exact) mass is 671 g/mol. The van der Waals surface area contributed by atoms with Crippen molar-refractivity contribution in [1.82, 2.24) is 14.5 Å². The van der Waals surface area contributed by atoms with Crippen LogP contribution in [0.1, 0.15) is 72.6 Å². The molecule has 0 radical (unpaired) electrons. The number of β-amino-alcohol motifs (C(OH)–C–C–N with tert-alkyl or cyclic N) is 1. The molecule has 1 aromatic carbocycles. The fourth-order valence-electron chi connectivity index (χ4n) is 5.93. The Morgan fingerprint density at radius 3 is 2.43 bits per heavy atom. The Hall–Kier alpha value is -2.33. The van der Waals surface area contributed by atoms with Crippen LogP contribution >= 0.6 is 0 Å². The summed E-state index contributed by atoms with van der Waals surface area (Å²) in [6.07, 6.45) is -1.85. The maximum Gasteiger partial charge on any atom is 0.331 e. The highest BCUT2D eigenvalue weighted by molar-refractivity contribution is 7.90. The third-order valence-electron chi connectivity index (χ3n) is 9.10. The van der Waals surface area contributed by atoms with Gasteiger partial charge in [0.25, 0.3) is 10.0 Å². The first-order valence-corrected chi connectivity index (χ1v) is 17.7. The number of nitrogens with one attached hydrogen (secondary N) is 1. The summed E-state index contributed by atoms with van der Waals surface area (Å²) in [7, 11) is -0.205. The van der Waals surface area contributed by atoms with Gasteiger partial charge < -0.3 is 39.3 Å². The van der Waals surface area contributed by atoms with Crippen molar-refractivity contribution in [1.29, 1.82) is 0 Å². The van der Waals surface area contributed by atoms with Crippen LogP contribution in [0.15, 0.2) is 35.2 Å². The van der Waals surface area contributed by atoms with Crippen molar-refractivity contribution in [2.45, 2.75) is 126 Å². The number of amides is 2. The number of rotatable bonds is 6. The number of hydrogen-bond donors (Lipinski definition) is 4. The topological polar surface area (TPSA) is 175 Å². The number of sulfonamides is 1. The predicted octanol–water partition coefficient (Wildman–Crippen LogP) is 2.23. The second-order valence-corrected chi connectivity index (χ2v) is 14.7. The van der Waals surface area contributed by atoms with Crippen LogP contribution in [0, 0.1) is 5.92 Å². The van der Waals surface area contributed by atoms with Gasteiger partial charge in [0.1, 0.15) is 17.8 Å². The lowest BCUT2D eigenvalue weighted by molar-refractivity contribution is -0.227. The average molecular weight is 672 g/mol. The summed E-state index contributed by atoms with van der Waals surface area (Å²) >= 11 is 0. The number of aliphatic hydroxyl groups excluding tert-OH is 2. The summed E-state index contributed by atoms with van der Waals surface area (Å²) in [6.45, 7) is 6.10. The third-order valence-corrected chi connectivity index (χ3v) is 10.4. The van der Waals surface area contributed by atoms with Crippen LogP contribution in [0.5, 0.6) is 0 Å². The van der Waals surface area contributed by atoms with Gasteiger partial charge in [0.05, 0.1) is 35.7 Å². The highest BCUT2D eigenvalue weighted by atomic mass is 32.2. The molecule has 2 saturated heterocycles. The van der Waals surface area contributed by atoms with E-state index in [0.717, 1.165) is 11.3 Å². The third kappa shape index (κ3) is 10.3. The number of aliphatic hydroxyl groups is 3. The minimum absolute atomic E-state index is 0.0309. The van der Waals surface area contributed by atoms with E-state index in [1.54, 1.807) is 19.9 Å². The van der Waals surface area contributed by atoms with E-state index >= 15 is 0 Å². The molecule has 2 heterocycles. The molecular weight excluding hydrogens is 618 g/mol. The molecule has 2 aliphatic rings. The predicted molar refractivity (Wildman–Crippen MR) is 170 cm³/mol. The zero-order chi connectivity index (χ0) is 34.2. The summed E-state index contributed by atoms with van der Waals surface area (Å²) in [5.74, 6) is -1.70. The molecule has 0 unspecified atom stereocenters. The smallest absolute Gasteiger partial charge is 0.331 e. The van der Waals surface area contributed by atoms with Crippen LogP contribution in [0.2, 0.25) is 0 Å². The van der Waals surface area contributed by atoms with Gasteiger partial charge >= 0.3 is 12.0 Å². The Bertz CT molecular complexity index is 1230. The lowest BCUT2D eigenvalue weighted by atomic mass is 9.89. The molecule has 1 aromatic rings. The van der Waals surface area contributed by atoms with E-state index in [1.807, 2.05) is 21.0 Å². The number of cyclic esters (lactones) is 1. The van der Waals surface area contributed by atoms with Crippen LogP contribution in [0.3, 0.4) is 0 Å². The second-order valence-electron chi connectivity index (χ2n) is 13.1. The van der Waals surface area contributed by atoms with E-state index in [9.17, 15) is 33.3 Å². The number of esters is 1. The van der Waals surface area contributed by atoms with E-state index in [0.29, 0.717) is 25.7 Å². The minimum atomic E-state index is -4.22. The number of carbonyl (C=O) groups excluding carboxylic acids is 2. The Labute approximate surface area is 273 Å². The molecule has 2 aliphatic heterocycles. The molecule has 46 heavy (non-hydrogen) atoms. The van der Waals surface area contributed by atoms with Crippen molar-refractivity contribution in [2.24, 2.45) is 5.92 Å². The summed E-state index contributed by atoms with van der Waals surface area (Å²) in [6, 6.07) is 6.71. The highest BCUT2D eigenvalue weighted by Crippen LogP contribution is 2.29. The quantitative estimate of drug-likeness (QED) is 0.327. The molecule has 9 atom stereocenters. The molecule has 0 bridgehead atoms. The molecule has 3 rings (SSSR count). The zero-order valence-corrected chi connectivity index (χ0v) is 28.7. The number of urea groups is 1. The van der Waals surface area contributed by atoms with Gasteiger partial charge in [0.2, 0.25) is 0 Å². The van der Waals surface area contributed by atoms with Crippen molar-refractivity contribution in [3.63, 3.8) is 0 Å². The van der Waals surface area contributed by atoms with Gasteiger partial charge in [0, 0.05) is 25.4 Å². The zero-order valence-electron chi connectivity index (χ0n) is 27.9. The number of carbonyl (C=O) groups is 2. The summed E-state index contributed by atoms with van der Waals surface area (Å²) in [5.41, 5.74) is -2.00. The van der Waals surface area contributed by atoms with Crippen LogP contribution in [-0.4, -0.2) is 121 Å². The molecule has 2 fully saturated rings. The minimum Gasteiger partial charge on any atom is -0.459 e. The van der Waals surface area contributed by atoms with Crippen LogP contribution in [0.4, 0.5) is 4.79 Å². The molecule has 262 valence electrons. The molecule has 14 heteroatoms. The lowest BCUT2D eigenvalue weighted by Gasteiger charge is -2.39. The second kappa shape index (κ2) is 16.7. The molecule has 0 saturated carbocycles. The van der Waals surface area contributed by atoms with E-state index in [2.05, 4.69) is 9.62 Å². The van der Waals surface area contributed by atoms with Crippen molar-refractivity contribution >= 4 is 22.0 Å². The Morgan fingerprint density at radius 1 is 1.13 bits per heavy atom. The molecule has 0 aromatic heterocycles. The van der Waals surface area contributed by atoms with Gasteiger partial charge in [-0.05, 0) is 79.1 Å². The number of ether oxygens (including phenoxy) is 3. The van der Waals surface area contributed by atoms with Crippen molar-refractivity contribution < 1.29 is 47.5 Å². The highest BCUT2D eigenvalue weighted by Gasteiger charge is 2.43. The van der Waals surface area contributed by atoms with Gasteiger partial charge in [0.15, 0.2) is 6.29 Å². The number of benzene rings is 1. The summed E-state index contributed by atoms with van der Waals surface area (Å²) in [5, 5.41) is 33.6. The molecule has 13 nitrogen and oxygen atoms in total. The van der Waals surface area contributed by atoms with Crippen molar-refractivity contribution in [2.75, 3.05) is 27.2 Å². The van der Waals surface area contributed by atoms with Gasteiger partial charge in [-0.2, -0.15) is 0 Å². The first-order valence-electron chi connectivity index (χ1n) is 16.2. The molecule has 0 aliphatic carbocycles. The summed E-state index contributed by atoms with van der Waals surface area (Å²) in [4.78, 5) is 29.7. The maximum atomic E-state index is 13.4. The van der Waals surface area contributed by atoms with Crippen LogP contribution in [0.25, 0.3) is 0 Å². The Morgan fingerprint density at radius 2 is 1.80 bits per heavy atom. The van der Waals surface area contributed by atoms with Gasteiger partial charge in [-0.25, -0.2) is 17.9 Å². The molecular formula is C32H53N3O10S. The molecule has 4 N–H and O–H groups in total. The maximum absolute atomic E-state index is 13.4. The fourth-order valence-corrected chi connectivity index (χ4v) is 6.92. The standard InChI is InChI=1S/C32H53N3O10S/c1-7-28-32(4,40)27(37)20-35(31(39)33-46(41,42)25-14-9-8-10-15-25)16-12-11-13-24(19-26(36)22(3)30(38)45-28)44-29-18-23(34(5)6)17-21(2)43-29/h8-10,14-15,21-24,26-29,36-37,40H,7,11-13,16-20H2,1-6H3,(H,33,39)/t21-,22-,23-,24+,26+,27-,28-,29+,32+/m1/s1. The molecule has 2 amide bonds. The average Bonchev–Trinajstić information content (AvgIpc) is 2.99. The largest absolute Gasteiger partial charge is 0.459 e. The van der Waals surface area contributed by atoms with E-state index in [4.69, 9.17) is 14.2 Å². The Balaban J connectivity index is 1.85. The van der Waals surface area contributed by atoms with Gasteiger partial charge in [-0.15, -0.1) is 0 Å². The molecule has 0 spiro atoms. The lowest BCUT2D eigenvalue weighted by Crippen LogP contribution is -2.57. The van der Waals surface area contributed by atoms with Crippen molar-refractivity contribution in [3.8, 4) is 0 Å². The van der Waals surface area contributed by atoms with Gasteiger partial charge in [-0.1, -0.05) is 25.1 Å². The fraction of sp³-hybridized carbons (Fsp3) is 0.750. The van der Waals surface area contributed by atoms with E-state index in [1.165, 1.54) is 31.2 Å². The number of hydrogen-bond acceptors (Lipinski definition) is 11. The normalized spacial score (nSPS) is 34.3. The first-order chi connectivity index (χ1) is 21.5. The SMILES string of the molecule is CC[C@H]1OC(=O)[C@H](C)[C@@H](O)C[C@@H](O[C@H]2C[C@H](N(C)C)C[C@@H](C)O2)CCCCN(C(=O)NS(=O)(=O)c2ccccc2)C[C@@H](O)[C@]1(C)O. The first kappa shape index (κ1) is 38.1. The number of nitrogens with zero attached hydrogens (tertiary/aromatic N) is 2. The van der Waals surface area contributed by atoms with E-state index < -0.39 is 70.8 Å². The summed E-state index contributed by atoms with van der Waals surface area (Å²) < 4.78 is 46.0.